The molecule has 0 aliphatic heterocycles. The fourth-order valence-electron chi connectivity index (χ4n) is 1.78. The van der Waals surface area contributed by atoms with Crippen molar-refractivity contribution in [1.82, 2.24) is 0 Å². The van der Waals surface area contributed by atoms with E-state index in [0.29, 0.717) is 11.6 Å². The predicted octanol–water partition coefficient (Wildman–Crippen LogP) is 4.27. The van der Waals surface area contributed by atoms with E-state index in [9.17, 15) is 5.11 Å². The summed E-state index contributed by atoms with van der Waals surface area (Å²) in [6, 6.07) is 11.6. The number of aromatic hydroxyl groups is 1. The Kier molecular flexibility index (Phi) is 3.78. The highest BCUT2D eigenvalue weighted by Gasteiger charge is 2.02. The Labute approximate surface area is 112 Å². The molecule has 0 saturated carbocycles. The quantitative estimate of drug-likeness (QED) is 0.865. The van der Waals surface area contributed by atoms with Gasteiger partial charge in [0, 0.05) is 12.2 Å². The van der Waals surface area contributed by atoms with Gasteiger partial charge in [-0.2, -0.15) is 0 Å². The highest BCUT2D eigenvalue weighted by Crippen LogP contribution is 2.24. The normalized spacial score (nSPS) is 10.4. The molecule has 2 aromatic carbocycles. The number of hydrogen-bond acceptors (Lipinski definition) is 2. The zero-order valence-electron chi connectivity index (χ0n) is 10.5. The van der Waals surface area contributed by atoms with Gasteiger partial charge in [-0.3, -0.25) is 0 Å². The fourth-order valence-corrected chi connectivity index (χ4v) is 1.99. The first-order valence-electron chi connectivity index (χ1n) is 5.85. The second-order valence-electron chi connectivity index (χ2n) is 4.46. The van der Waals surface area contributed by atoms with Crippen molar-refractivity contribution in [2.75, 3.05) is 5.32 Å². The molecule has 3 heteroatoms. The van der Waals surface area contributed by atoms with E-state index in [4.69, 9.17) is 11.6 Å². The lowest BCUT2D eigenvalue weighted by Crippen LogP contribution is -2.01. The summed E-state index contributed by atoms with van der Waals surface area (Å²) in [6.45, 7) is 4.83. The summed E-state index contributed by atoms with van der Waals surface area (Å²) in [5.74, 6) is 0.118. The van der Waals surface area contributed by atoms with Gasteiger partial charge < -0.3 is 10.4 Å². The molecule has 94 valence electrons. The average Bonchev–Trinajstić information content (AvgIpc) is 2.34. The van der Waals surface area contributed by atoms with Crippen LogP contribution in [0.15, 0.2) is 36.4 Å². The Morgan fingerprint density at radius 1 is 1.11 bits per heavy atom. The maximum Gasteiger partial charge on any atom is 0.134 e. The van der Waals surface area contributed by atoms with E-state index in [0.717, 1.165) is 11.3 Å². The van der Waals surface area contributed by atoms with Gasteiger partial charge in [0.15, 0.2) is 0 Å². The van der Waals surface area contributed by atoms with Gasteiger partial charge in [0.2, 0.25) is 0 Å². The summed E-state index contributed by atoms with van der Waals surface area (Å²) in [6.07, 6.45) is 0. The number of nitrogens with one attached hydrogen (secondary N) is 1. The average molecular weight is 262 g/mol. The summed E-state index contributed by atoms with van der Waals surface area (Å²) in [5, 5.41) is 13.1. The van der Waals surface area contributed by atoms with E-state index in [1.165, 1.54) is 11.1 Å². The van der Waals surface area contributed by atoms with Crippen LogP contribution in [0.1, 0.15) is 16.7 Å². The number of hydrogen-bond donors (Lipinski definition) is 2. The number of phenolic OH excluding ortho intramolecular Hbond substituents is 1. The molecule has 18 heavy (non-hydrogen) atoms. The molecule has 0 radical (unpaired) electrons. The number of anilines is 1. The van der Waals surface area contributed by atoms with Gasteiger partial charge in [0.25, 0.3) is 0 Å². The van der Waals surface area contributed by atoms with Gasteiger partial charge >= 0.3 is 0 Å². The van der Waals surface area contributed by atoms with Gasteiger partial charge in [0.1, 0.15) is 5.75 Å². The molecule has 0 atom stereocenters. The van der Waals surface area contributed by atoms with Crippen molar-refractivity contribution in [2.45, 2.75) is 20.4 Å². The molecule has 0 unspecified atom stereocenters. The molecule has 2 rings (SSSR count). The van der Waals surface area contributed by atoms with E-state index in [-0.39, 0.29) is 5.75 Å². The monoisotopic (exact) mass is 261 g/mol. The van der Waals surface area contributed by atoms with Crippen LogP contribution in [0, 0.1) is 13.8 Å². The standard InChI is InChI=1S/C15H16ClNO/c1-10-3-4-11(2)14(7-10)17-9-12-5-6-15(18)13(16)8-12/h3-8,17-18H,9H2,1-2H3. The Morgan fingerprint density at radius 2 is 1.89 bits per heavy atom. The van der Waals surface area contributed by atoms with Gasteiger partial charge in [-0.1, -0.05) is 29.8 Å². The first-order valence-corrected chi connectivity index (χ1v) is 6.22. The maximum absolute atomic E-state index is 9.36. The summed E-state index contributed by atoms with van der Waals surface area (Å²) >= 11 is 5.87. The highest BCUT2D eigenvalue weighted by atomic mass is 35.5. The number of phenols is 1. The predicted molar refractivity (Wildman–Crippen MR) is 76.4 cm³/mol. The van der Waals surface area contributed by atoms with Gasteiger partial charge in [-0.15, -0.1) is 0 Å². The Hall–Kier alpha value is -1.67. The van der Waals surface area contributed by atoms with Crippen LogP contribution in [0.2, 0.25) is 5.02 Å². The minimum atomic E-state index is 0.118. The third-order valence-corrected chi connectivity index (χ3v) is 3.19. The van der Waals surface area contributed by atoms with E-state index >= 15 is 0 Å². The Morgan fingerprint density at radius 3 is 2.61 bits per heavy atom. The van der Waals surface area contributed by atoms with Crippen LogP contribution >= 0.6 is 11.6 Å². The molecule has 0 fully saturated rings. The third-order valence-electron chi connectivity index (χ3n) is 2.89. The van der Waals surface area contributed by atoms with Crippen molar-refractivity contribution < 1.29 is 5.11 Å². The van der Waals surface area contributed by atoms with Gasteiger partial charge in [0.05, 0.1) is 5.02 Å². The van der Waals surface area contributed by atoms with Crippen LogP contribution in [-0.4, -0.2) is 5.11 Å². The molecule has 2 aromatic rings. The fraction of sp³-hybridized carbons (Fsp3) is 0.200. The van der Waals surface area contributed by atoms with Crippen LogP contribution < -0.4 is 5.32 Å². The van der Waals surface area contributed by atoms with Crippen molar-refractivity contribution >= 4 is 17.3 Å². The van der Waals surface area contributed by atoms with Crippen molar-refractivity contribution in [3.05, 3.63) is 58.1 Å². The zero-order chi connectivity index (χ0) is 13.1. The second kappa shape index (κ2) is 5.32. The molecule has 2 N–H and O–H groups in total. The van der Waals surface area contributed by atoms with Gasteiger partial charge in [-0.25, -0.2) is 0 Å². The molecular formula is C15H16ClNO. The minimum Gasteiger partial charge on any atom is -0.506 e. The minimum absolute atomic E-state index is 0.118. The Bertz CT molecular complexity index is 566. The number of benzene rings is 2. The topological polar surface area (TPSA) is 32.3 Å². The summed E-state index contributed by atoms with van der Waals surface area (Å²) in [4.78, 5) is 0. The highest BCUT2D eigenvalue weighted by molar-refractivity contribution is 6.32. The van der Waals surface area contributed by atoms with E-state index < -0.39 is 0 Å². The SMILES string of the molecule is Cc1ccc(C)c(NCc2ccc(O)c(Cl)c2)c1. The molecule has 0 aliphatic carbocycles. The molecule has 0 aromatic heterocycles. The van der Waals surface area contributed by atoms with Gasteiger partial charge in [-0.05, 0) is 48.7 Å². The molecule has 0 saturated heterocycles. The van der Waals surface area contributed by atoms with E-state index in [1.54, 1.807) is 12.1 Å². The van der Waals surface area contributed by atoms with Crippen molar-refractivity contribution in [3.63, 3.8) is 0 Å². The molecule has 0 aliphatic rings. The van der Waals surface area contributed by atoms with E-state index in [1.807, 2.05) is 6.07 Å². The smallest absolute Gasteiger partial charge is 0.134 e. The molecule has 0 amide bonds. The lowest BCUT2D eigenvalue weighted by Gasteiger charge is -2.11. The Balaban J connectivity index is 2.11. The second-order valence-corrected chi connectivity index (χ2v) is 4.86. The van der Waals surface area contributed by atoms with Crippen molar-refractivity contribution in [2.24, 2.45) is 0 Å². The maximum atomic E-state index is 9.36. The lowest BCUT2D eigenvalue weighted by molar-refractivity contribution is 0.475. The molecular weight excluding hydrogens is 246 g/mol. The first kappa shape index (κ1) is 12.8. The number of halogens is 1. The third kappa shape index (κ3) is 2.96. The molecule has 2 nitrogen and oxygen atoms in total. The molecule has 0 bridgehead atoms. The number of rotatable bonds is 3. The van der Waals surface area contributed by atoms with Crippen LogP contribution in [0.5, 0.6) is 5.75 Å². The zero-order valence-corrected chi connectivity index (χ0v) is 11.3. The first-order chi connectivity index (χ1) is 8.56. The summed E-state index contributed by atoms with van der Waals surface area (Å²) in [7, 11) is 0. The summed E-state index contributed by atoms with van der Waals surface area (Å²) < 4.78 is 0. The van der Waals surface area contributed by atoms with Crippen molar-refractivity contribution in [3.8, 4) is 5.75 Å². The van der Waals surface area contributed by atoms with Crippen LogP contribution in [0.25, 0.3) is 0 Å². The van der Waals surface area contributed by atoms with Crippen LogP contribution in [0.4, 0.5) is 5.69 Å². The van der Waals surface area contributed by atoms with Crippen LogP contribution in [-0.2, 0) is 6.54 Å². The summed E-state index contributed by atoms with van der Waals surface area (Å²) in [5.41, 5.74) is 4.61. The largest absolute Gasteiger partial charge is 0.506 e. The lowest BCUT2D eigenvalue weighted by atomic mass is 10.1. The number of aryl methyl sites for hydroxylation is 2. The molecule has 0 spiro atoms. The van der Waals surface area contributed by atoms with E-state index in [2.05, 4.69) is 37.4 Å². The van der Waals surface area contributed by atoms with Crippen molar-refractivity contribution in [1.29, 1.82) is 0 Å². The van der Waals surface area contributed by atoms with Crippen LogP contribution in [0.3, 0.4) is 0 Å². The molecule has 0 heterocycles.